The van der Waals surface area contributed by atoms with Gasteiger partial charge in [0.2, 0.25) is 0 Å². The van der Waals surface area contributed by atoms with Gasteiger partial charge in [-0.05, 0) is 30.5 Å². The summed E-state index contributed by atoms with van der Waals surface area (Å²) in [5, 5.41) is 2.75. The minimum Gasteiger partial charge on any atom is -0.458 e. The third kappa shape index (κ3) is 4.28. The van der Waals surface area contributed by atoms with Crippen LogP contribution in [0.15, 0.2) is 48.5 Å². The van der Waals surface area contributed by atoms with Crippen LogP contribution in [-0.4, -0.2) is 36.5 Å². The van der Waals surface area contributed by atoms with Crippen LogP contribution in [-0.2, 0) is 20.9 Å². The van der Waals surface area contributed by atoms with Crippen molar-refractivity contribution in [1.82, 2.24) is 0 Å². The summed E-state index contributed by atoms with van der Waals surface area (Å²) < 4.78 is 5.48. The number of amides is 1. The molecule has 3 rings (SSSR count). The van der Waals surface area contributed by atoms with E-state index in [0.717, 1.165) is 35.2 Å². The first-order valence-corrected chi connectivity index (χ1v) is 12.5. The van der Waals surface area contributed by atoms with Crippen molar-refractivity contribution in [2.75, 3.05) is 24.8 Å². The molecule has 1 amide bonds. The fraction of sp³-hybridized carbons (Fsp3) is 0.391. The van der Waals surface area contributed by atoms with Crippen molar-refractivity contribution in [2.24, 2.45) is 0 Å². The molecule has 2 aromatic rings. The van der Waals surface area contributed by atoms with Crippen LogP contribution in [0.5, 0.6) is 0 Å². The Hall–Kier alpha value is -2.19. The Balaban J connectivity index is 1.65. The average Bonchev–Trinajstić information content (AvgIpc) is 3.46. The van der Waals surface area contributed by atoms with E-state index in [2.05, 4.69) is 18.6 Å². The highest BCUT2D eigenvalue weighted by Gasteiger charge is 2.67. The number of anilines is 1. The minimum atomic E-state index is -1.82. The van der Waals surface area contributed by atoms with E-state index in [1.807, 2.05) is 62.4 Å². The van der Waals surface area contributed by atoms with Crippen molar-refractivity contribution in [3.8, 4) is 0 Å². The van der Waals surface area contributed by atoms with Crippen LogP contribution in [0.2, 0.25) is 0 Å². The Morgan fingerprint density at radius 2 is 1.61 bits per heavy atom. The van der Waals surface area contributed by atoms with Gasteiger partial charge in [0.05, 0.1) is 13.3 Å². The van der Waals surface area contributed by atoms with Gasteiger partial charge in [0.15, 0.2) is 11.3 Å². The number of hydrogen-bond acceptors (Lipinski definition) is 3. The number of rotatable bonds is 7. The number of para-hydroxylation sites is 1. The monoisotopic (exact) mass is 398 g/mol. The van der Waals surface area contributed by atoms with Crippen molar-refractivity contribution in [1.29, 1.82) is 0 Å². The maximum absolute atomic E-state index is 13.2. The molecule has 28 heavy (non-hydrogen) atoms. The zero-order chi connectivity index (χ0) is 20.4. The van der Waals surface area contributed by atoms with Gasteiger partial charge in [-0.2, -0.15) is 0 Å². The molecule has 1 N–H and O–H groups in total. The number of ether oxygens (including phenoxy) is 1. The first-order chi connectivity index (χ1) is 13.2. The van der Waals surface area contributed by atoms with E-state index in [9.17, 15) is 9.59 Å². The number of carbonyl (C=O) groups is 2. The number of carbonyl (C=O) groups excluding carboxylic acids is 2. The van der Waals surface area contributed by atoms with Gasteiger partial charge < -0.3 is 10.1 Å². The second-order valence-electron chi connectivity index (χ2n) is 8.24. The highest BCUT2D eigenvalue weighted by atomic mass is 31.2. The summed E-state index contributed by atoms with van der Waals surface area (Å²) in [5.41, 5.74) is 3.98. The van der Waals surface area contributed by atoms with Crippen LogP contribution in [0.3, 0.4) is 0 Å². The molecule has 0 unspecified atom stereocenters. The van der Waals surface area contributed by atoms with Gasteiger partial charge in [-0.1, -0.05) is 48.5 Å². The molecule has 0 bridgehead atoms. The number of nitrogens with one attached hydrogen (secondary N) is 1. The normalized spacial score (nSPS) is 15.0. The summed E-state index contributed by atoms with van der Waals surface area (Å²) in [4.78, 5) is 25.6. The van der Waals surface area contributed by atoms with E-state index in [0.29, 0.717) is 6.16 Å². The average molecular weight is 398 g/mol. The van der Waals surface area contributed by atoms with Gasteiger partial charge in [0.1, 0.15) is 6.61 Å². The highest BCUT2D eigenvalue weighted by Crippen LogP contribution is 2.74. The lowest BCUT2D eigenvalue weighted by Crippen LogP contribution is -2.35. The van der Waals surface area contributed by atoms with E-state index >= 15 is 0 Å². The molecule has 0 atom stereocenters. The van der Waals surface area contributed by atoms with E-state index in [1.165, 1.54) is 0 Å². The molecule has 0 saturated heterocycles. The van der Waals surface area contributed by atoms with Crippen LogP contribution in [0.25, 0.3) is 0 Å². The molecular weight excluding hydrogens is 369 g/mol. The summed E-state index contributed by atoms with van der Waals surface area (Å²) >= 11 is 0. The van der Waals surface area contributed by atoms with Crippen molar-refractivity contribution in [3.63, 3.8) is 0 Å². The van der Waals surface area contributed by atoms with Crippen LogP contribution in [0.1, 0.15) is 29.5 Å². The van der Waals surface area contributed by atoms with Gasteiger partial charge in [-0.25, -0.2) is 4.79 Å². The van der Waals surface area contributed by atoms with Gasteiger partial charge in [-0.3, -0.25) is 4.79 Å². The summed E-state index contributed by atoms with van der Waals surface area (Å²) in [6.45, 7) is 8.50. The lowest BCUT2D eigenvalue weighted by Gasteiger charge is -2.27. The van der Waals surface area contributed by atoms with Crippen LogP contribution in [0, 0.1) is 13.8 Å². The molecule has 0 heterocycles. The molecule has 2 aromatic carbocycles. The van der Waals surface area contributed by atoms with Crippen molar-refractivity contribution < 1.29 is 14.3 Å². The maximum atomic E-state index is 13.2. The quantitative estimate of drug-likeness (QED) is 0.539. The minimum absolute atomic E-state index is 0.0547. The van der Waals surface area contributed by atoms with Crippen molar-refractivity contribution in [3.05, 3.63) is 65.2 Å². The Labute approximate surface area is 168 Å². The van der Waals surface area contributed by atoms with Crippen LogP contribution < -0.4 is 5.32 Å². The van der Waals surface area contributed by atoms with E-state index in [-0.39, 0.29) is 18.5 Å². The third-order valence-corrected chi connectivity index (χ3v) is 9.81. The predicted octanol–water partition coefficient (Wildman–Crippen LogP) is 4.80. The fourth-order valence-corrected chi connectivity index (χ4v) is 6.69. The summed E-state index contributed by atoms with van der Waals surface area (Å²) in [6, 6.07) is 15.7. The summed E-state index contributed by atoms with van der Waals surface area (Å²) in [5.74, 6) is -0.160. The molecule has 1 aliphatic carbocycles. The lowest BCUT2D eigenvalue weighted by atomic mass is 10.1. The van der Waals surface area contributed by atoms with Crippen LogP contribution >= 0.6 is 7.26 Å². The number of esters is 1. The molecule has 0 aliphatic heterocycles. The lowest BCUT2D eigenvalue weighted by molar-refractivity contribution is -0.141. The first-order valence-electron chi connectivity index (χ1n) is 9.65. The molecular formula is C23H29NO3P+. The fourth-order valence-electron chi connectivity index (χ4n) is 3.72. The SMILES string of the molecule is Cc1cccc(C)c1NC(=O)C1([P+](C)(C)CC(=O)OCc2ccccc2)CC1. The van der Waals surface area contributed by atoms with Gasteiger partial charge >= 0.3 is 5.97 Å². The first kappa shape index (κ1) is 20.5. The largest absolute Gasteiger partial charge is 0.458 e. The van der Waals surface area contributed by atoms with Crippen LogP contribution in [0.4, 0.5) is 5.69 Å². The molecule has 1 aliphatic rings. The molecule has 0 radical (unpaired) electrons. The van der Waals surface area contributed by atoms with E-state index in [4.69, 9.17) is 4.74 Å². The van der Waals surface area contributed by atoms with Gasteiger partial charge in [0.25, 0.3) is 5.91 Å². The summed E-state index contributed by atoms with van der Waals surface area (Å²) in [7, 11) is -1.82. The topological polar surface area (TPSA) is 55.4 Å². The number of benzene rings is 2. The molecule has 148 valence electrons. The van der Waals surface area contributed by atoms with Crippen molar-refractivity contribution in [2.45, 2.75) is 38.5 Å². The van der Waals surface area contributed by atoms with Crippen molar-refractivity contribution >= 4 is 24.8 Å². The molecule has 1 fully saturated rings. The maximum Gasteiger partial charge on any atom is 0.344 e. The zero-order valence-corrected chi connectivity index (χ0v) is 18.0. The number of hydrogen-bond donors (Lipinski definition) is 1. The third-order valence-electron chi connectivity index (χ3n) is 5.79. The second kappa shape index (κ2) is 8.05. The zero-order valence-electron chi connectivity index (χ0n) is 17.1. The molecule has 1 saturated carbocycles. The Morgan fingerprint density at radius 1 is 1.00 bits per heavy atom. The standard InChI is InChI=1S/C23H28NO3P/c1-17-9-8-10-18(2)21(17)24-22(26)23(13-14-23)28(3,4)16-20(25)27-15-19-11-6-5-7-12-19/h5-12H,13-16H2,1-4H3/p+1. The van der Waals surface area contributed by atoms with Gasteiger partial charge in [-0.15, -0.1) is 0 Å². The molecule has 0 spiro atoms. The van der Waals surface area contributed by atoms with Gasteiger partial charge in [0, 0.05) is 25.8 Å². The smallest absolute Gasteiger partial charge is 0.344 e. The van der Waals surface area contributed by atoms with E-state index in [1.54, 1.807) is 0 Å². The molecule has 5 heteroatoms. The number of aryl methyl sites for hydroxylation is 2. The summed E-state index contributed by atoms with van der Waals surface area (Å²) in [6.07, 6.45) is 2.02. The molecule has 0 aromatic heterocycles. The molecule has 4 nitrogen and oxygen atoms in total. The predicted molar refractivity (Wildman–Crippen MR) is 116 cm³/mol. The highest BCUT2D eigenvalue weighted by molar-refractivity contribution is 7.78. The Bertz CT molecular complexity index is 852. The second-order valence-corrected chi connectivity index (χ2v) is 12.8. The van der Waals surface area contributed by atoms with E-state index < -0.39 is 12.4 Å². The Morgan fingerprint density at radius 3 is 2.18 bits per heavy atom. The Kier molecular flexibility index (Phi) is 5.90.